The molecule has 1 atom stereocenters. The predicted octanol–water partition coefficient (Wildman–Crippen LogP) is 4.94. The molecule has 4 aromatic rings. The molecule has 2 aliphatic rings. The summed E-state index contributed by atoms with van der Waals surface area (Å²) in [5.74, 6) is 0.713. The largest absolute Gasteiger partial charge is 0.454 e. The van der Waals surface area contributed by atoms with Gasteiger partial charge in [0.05, 0.1) is 21.9 Å². The fourth-order valence-corrected chi connectivity index (χ4v) is 4.88. The Balaban J connectivity index is 1.51. The van der Waals surface area contributed by atoms with Crippen molar-refractivity contribution in [1.82, 2.24) is 4.90 Å². The van der Waals surface area contributed by atoms with E-state index in [1.165, 1.54) is 17.0 Å². The van der Waals surface area contributed by atoms with Gasteiger partial charge in [-0.1, -0.05) is 22.0 Å². The van der Waals surface area contributed by atoms with Crippen LogP contribution in [0.5, 0.6) is 11.5 Å². The third-order valence-electron chi connectivity index (χ3n) is 6.14. The molecule has 174 valence electrons. The van der Waals surface area contributed by atoms with Crippen molar-refractivity contribution in [3.05, 3.63) is 108 Å². The molecule has 9 nitrogen and oxygen atoms in total. The molecular formula is C25H15BrN2O7. The van der Waals surface area contributed by atoms with Gasteiger partial charge < -0.3 is 18.8 Å². The molecule has 10 heteroatoms. The van der Waals surface area contributed by atoms with Crippen LogP contribution in [0.4, 0.5) is 5.69 Å². The minimum Gasteiger partial charge on any atom is -0.454 e. The smallest absolute Gasteiger partial charge is 0.291 e. The monoisotopic (exact) mass is 534 g/mol. The highest BCUT2D eigenvalue weighted by Crippen LogP contribution is 2.41. The number of nitro benzene ring substituents is 1. The van der Waals surface area contributed by atoms with Gasteiger partial charge in [-0.05, 0) is 53.6 Å². The maximum atomic E-state index is 13.6. The molecule has 0 saturated heterocycles. The summed E-state index contributed by atoms with van der Waals surface area (Å²) in [5, 5.41) is 11.5. The van der Waals surface area contributed by atoms with E-state index >= 15 is 0 Å². The maximum absolute atomic E-state index is 13.6. The van der Waals surface area contributed by atoms with Crippen molar-refractivity contribution in [2.24, 2.45) is 0 Å². The molecule has 0 saturated carbocycles. The number of benzene rings is 3. The van der Waals surface area contributed by atoms with Gasteiger partial charge in [-0.3, -0.25) is 19.7 Å². The Hall–Kier alpha value is -4.18. The second kappa shape index (κ2) is 7.95. The highest BCUT2D eigenvalue weighted by Gasteiger charge is 2.43. The number of nitro groups is 1. The number of carbonyl (C=O) groups is 1. The molecule has 0 spiro atoms. The van der Waals surface area contributed by atoms with Crippen LogP contribution in [0.25, 0.3) is 11.0 Å². The van der Waals surface area contributed by atoms with Crippen LogP contribution in [-0.4, -0.2) is 22.5 Å². The zero-order chi connectivity index (χ0) is 24.3. The van der Waals surface area contributed by atoms with E-state index in [0.717, 1.165) is 5.56 Å². The lowest BCUT2D eigenvalue weighted by Crippen LogP contribution is -2.29. The molecule has 0 radical (unpaired) electrons. The standard InChI is InChI=1S/C25H15BrN2O7/c26-15-4-8-18-17(10-15)23(29)21-22(14-2-5-16(6-3-14)28(31)32)27(25(30)24(21)35-18)11-13-1-7-19-20(9-13)34-12-33-19/h1-10,22H,11-12H2. The highest BCUT2D eigenvalue weighted by molar-refractivity contribution is 9.10. The van der Waals surface area contributed by atoms with E-state index < -0.39 is 16.9 Å². The van der Waals surface area contributed by atoms with Gasteiger partial charge in [-0.15, -0.1) is 0 Å². The van der Waals surface area contributed by atoms with Gasteiger partial charge in [0.25, 0.3) is 11.6 Å². The molecule has 0 aliphatic carbocycles. The van der Waals surface area contributed by atoms with E-state index in [2.05, 4.69) is 15.9 Å². The minimum atomic E-state index is -0.789. The van der Waals surface area contributed by atoms with E-state index in [0.29, 0.717) is 32.5 Å². The van der Waals surface area contributed by atoms with Crippen LogP contribution >= 0.6 is 15.9 Å². The van der Waals surface area contributed by atoms with Crippen molar-refractivity contribution >= 4 is 38.5 Å². The minimum absolute atomic E-state index is 0.0334. The van der Waals surface area contributed by atoms with Gasteiger partial charge in [0.1, 0.15) is 5.58 Å². The van der Waals surface area contributed by atoms with Crippen LogP contribution in [0.15, 0.2) is 74.3 Å². The second-order valence-corrected chi connectivity index (χ2v) is 9.10. The number of non-ortho nitro benzene ring substituents is 1. The summed E-state index contributed by atoms with van der Waals surface area (Å²) in [6.45, 7) is 0.277. The summed E-state index contributed by atoms with van der Waals surface area (Å²) in [6.07, 6.45) is 0. The van der Waals surface area contributed by atoms with Crippen molar-refractivity contribution in [3.8, 4) is 11.5 Å². The summed E-state index contributed by atoms with van der Waals surface area (Å²) in [6, 6.07) is 15.4. The summed E-state index contributed by atoms with van der Waals surface area (Å²) in [5.41, 5.74) is 1.42. The van der Waals surface area contributed by atoms with E-state index in [-0.39, 0.29) is 35.8 Å². The van der Waals surface area contributed by atoms with Crippen molar-refractivity contribution in [2.45, 2.75) is 12.6 Å². The number of fused-ring (bicyclic) bond motifs is 3. The first-order valence-corrected chi connectivity index (χ1v) is 11.4. The molecule has 3 aromatic carbocycles. The molecule has 1 amide bonds. The van der Waals surface area contributed by atoms with E-state index in [1.54, 1.807) is 42.5 Å². The Morgan fingerprint density at radius 2 is 1.77 bits per heavy atom. The van der Waals surface area contributed by atoms with Crippen LogP contribution in [0.2, 0.25) is 0 Å². The number of ether oxygens (including phenoxy) is 2. The van der Waals surface area contributed by atoms with Crippen LogP contribution in [0.3, 0.4) is 0 Å². The van der Waals surface area contributed by atoms with Gasteiger partial charge in [0, 0.05) is 23.2 Å². The normalized spacial score (nSPS) is 16.1. The van der Waals surface area contributed by atoms with Crippen molar-refractivity contribution in [2.75, 3.05) is 6.79 Å². The van der Waals surface area contributed by atoms with E-state index in [9.17, 15) is 19.7 Å². The Kier molecular flexibility index (Phi) is 4.85. The summed E-state index contributed by atoms with van der Waals surface area (Å²) >= 11 is 3.38. The predicted molar refractivity (Wildman–Crippen MR) is 128 cm³/mol. The molecular weight excluding hydrogens is 520 g/mol. The summed E-state index contributed by atoms with van der Waals surface area (Å²) < 4.78 is 17.5. The summed E-state index contributed by atoms with van der Waals surface area (Å²) in [7, 11) is 0. The molecule has 1 unspecified atom stereocenters. The van der Waals surface area contributed by atoms with Gasteiger partial charge in [0.2, 0.25) is 12.6 Å². The van der Waals surface area contributed by atoms with Gasteiger partial charge in [-0.2, -0.15) is 0 Å². The first kappa shape index (κ1) is 21.4. The van der Waals surface area contributed by atoms with Crippen molar-refractivity contribution in [1.29, 1.82) is 0 Å². The number of hydrogen-bond acceptors (Lipinski definition) is 7. The fraction of sp³-hybridized carbons (Fsp3) is 0.120. The lowest BCUT2D eigenvalue weighted by Gasteiger charge is -2.25. The summed E-state index contributed by atoms with van der Waals surface area (Å²) in [4.78, 5) is 39.4. The molecule has 0 N–H and O–H groups in total. The van der Waals surface area contributed by atoms with Gasteiger partial charge >= 0.3 is 0 Å². The first-order valence-electron chi connectivity index (χ1n) is 10.6. The Bertz CT molecular complexity index is 1600. The molecule has 2 aliphatic heterocycles. The fourth-order valence-electron chi connectivity index (χ4n) is 4.52. The van der Waals surface area contributed by atoms with Crippen molar-refractivity contribution in [3.63, 3.8) is 0 Å². The highest BCUT2D eigenvalue weighted by atomic mass is 79.9. The number of nitrogens with zero attached hydrogens (tertiary/aromatic N) is 2. The number of carbonyl (C=O) groups excluding carboxylic acids is 1. The zero-order valence-corrected chi connectivity index (χ0v) is 19.5. The topological polar surface area (TPSA) is 112 Å². The third kappa shape index (κ3) is 3.45. The van der Waals surface area contributed by atoms with Gasteiger partial charge in [0.15, 0.2) is 16.9 Å². The van der Waals surface area contributed by atoms with Crippen LogP contribution in [0, 0.1) is 10.1 Å². The molecule has 3 heterocycles. The lowest BCUT2D eigenvalue weighted by molar-refractivity contribution is -0.384. The van der Waals surface area contributed by atoms with E-state index in [4.69, 9.17) is 13.9 Å². The zero-order valence-electron chi connectivity index (χ0n) is 17.9. The SMILES string of the molecule is O=C1c2oc3ccc(Br)cc3c(=O)c2C(c2ccc([N+](=O)[O-])cc2)N1Cc1ccc2c(c1)OCO2. The van der Waals surface area contributed by atoms with E-state index in [1.807, 2.05) is 6.07 Å². The maximum Gasteiger partial charge on any atom is 0.291 e. The molecule has 0 bridgehead atoms. The Morgan fingerprint density at radius 3 is 2.54 bits per heavy atom. The lowest BCUT2D eigenvalue weighted by atomic mass is 9.98. The molecule has 1 aromatic heterocycles. The van der Waals surface area contributed by atoms with Crippen LogP contribution in [-0.2, 0) is 6.54 Å². The average Bonchev–Trinajstić information content (AvgIpc) is 3.43. The van der Waals surface area contributed by atoms with Crippen molar-refractivity contribution < 1.29 is 23.6 Å². The second-order valence-electron chi connectivity index (χ2n) is 8.19. The number of hydrogen-bond donors (Lipinski definition) is 0. The number of rotatable bonds is 4. The van der Waals surface area contributed by atoms with Crippen LogP contribution < -0.4 is 14.9 Å². The first-order chi connectivity index (χ1) is 16.9. The average molecular weight is 535 g/mol. The molecule has 35 heavy (non-hydrogen) atoms. The number of amides is 1. The van der Waals surface area contributed by atoms with Crippen LogP contribution in [0.1, 0.15) is 33.3 Å². The quantitative estimate of drug-likeness (QED) is 0.269. The molecule has 6 rings (SSSR count). The Labute approximate surface area is 205 Å². The number of halogens is 1. The third-order valence-corrected chi connectivity index (χ3v) is 6.63. The molecule has 0 fully saturated rings. The Morgan fingerprint density at radius 1 is 1.00 bits per heavy atom. The van der Waals surface area contributed by atoms with Gasteiger partial charge in [-0.25, -0.2) is 0 Å².